The minimum absolute atomic E-state index is 0. The summed E-state index contributed by atoms with van der Waals surface area (Å²) in [4.78, 5) is 12.5. The number of carbonyl (C=O) groups is 1. The molecule has 1 aromatic rings. The molecule has 3 N–H and O–H groups in total. The van der Waals surface area contributed by atoms with Gasteiger partial charge in [0.05, 0.1) is 6.04 Å². The van der Waals surface area contributed by atoms with Crippen molar-refractivity contribution in [3.8, 4) is 0 Å². The molecule has 124 valence electrons. The molecule has 0 bridgehead atoms. The molecule has 1 saturated heterocycles. The minimum Gasteiger partial charge on any atom is -0.381 e. The summed E-state index contributed by atoms with van der Waals surface area (Å²) in [6.07, 6.45) is 1.52. The molecule has 1 unspecified atom stereocenters. The zero-order chi connectivity index (χ0) is 15.2. The van der Waals surface area contributed by atoms with Gasteiger partial charge in [0.1, 0.15) is 0 Å². The molecule has 1 aliphatic heterocycles. The normalized spacial score (nSPS) is 16.9. The standard InChI is InChI=1S/C14H18F2N2O2S.ClH/c15-14(16)21-11-3-1-2-10(8-11)18-13(19)12(17)9-4-6-20-7-5-9;/h1-3,8-9,12,14H,4-7,17H2,(H,18,19);1H. The van der Waals surface area contributed by atoms with Gasteiger partial charge in [-0.3, -0.25) is 4.79 Å². The first-order valence-corrected chi connectivity index (χ1v) is 7.63. The molecule has 1 heterocycles. The molecule has 0 spiro atoms. The maximum Gasteiger partial charge on any atom is 0.288 e. The second kappa shape index (κ2) is 9.29. The predicted octanol–water partition coefficient (Wildman–Crippen LogP) is 3.12. The molecule has 0 aromatic heterocycles. The van der Waals surface area contributed by atoms with E-state index < -0.39 is 11.8 Å². The molecular formula is C14H19ClF2N2O2S. The molecule has 1 aromatic carbocycles. The van der Waals surface area contributed by atoms with Crippen molar-refractivity contribution in [1.29, 1.82) is 0 Å². The molecule has 0 saturated carbocycles. The van der Waals surface area contributed by atoms with Crippen LogP contribution < -0.4 is 11.1 Å². The highest BCUT2D eigenvalue weighted by molar-refractivity contribution is 7.99. The lowest BCUT2D eigenvalue weighted by atomic mass is 9.92. The number of anilines is 1. The Bertz CT molecular complexity index is 488. The molecule has 8 heteroatoms. The number of amides is 1. The molecule has 4 nitrogen and oxygen atoms in total. The van der Waals surface area contributed by atoms with E-state index in [2.05, 4.69) is 5.32 Å². The number of benzene rings is 1. The number of halogens is 3. The molecular weight excluding hydrogens is 334 g/mol. The van der Waals surface area contributed by atoms with Crippen molar-refractivity contribution in [1.82, 2.24) is 0 Å². The van der Waals surface area contributed by atoms with Crippen molar-refractivity contribution >= 4 is 35.8 Å². The fraction of sp³-hybridized carbons (Fsp3) is 0.500. The Morgan fingerprint density at radius 2 is 2.05 bits per heavy atom. The maximum atomic E-state index is 12.3. The summed E-state index contributed by atoms with van der Waals surface area (Å²) < 4.78 is 29.9. The van der Waals surface area contributed by atoms with Gasteiger partial charge in [-0.2, -0.15) is 8.78 Å². The highest BCUT2D eigenvalue weighted by Gasteiger charge is 2.26. The molecule has 22 heavy (non-hydrogen) atoms. The Morgan fingerprint density at radius 3 is 2.68 bits per heavy atom. The Labute approximate surface area is 138 Å². The summed E-state index contributed by atoms with van der Waals surface area (Å²) in [5.74, 6) is -2.68. The van der Waals surface area contributed by atoms with E-state index in [-0.39, 0.29) is 24.2 Å². The first-order valence-electron chi connectivity index (χ1n) is 6.75. The van der Waals surface area contributed by atoms with Gasteiger partial charge in [0.25, 0.3) is 5.76 Å². The van der Waals surface area contributed by atoms with Crippen molar-refractivity contribution in [3.63, 3.8) is 0 Å². The van der Waals surface area contributed by atoms with Gasteiger partial charge in [-0.15, -0.1) is 12.4 Å². The van der Waals surface area contributed by atoms with Crippen molar-refractivity contribution in [3.05, 3.63) is 24.3 Å². The van der Waals surface area contributed by atoms with Crippen LogP contribution in [-0.4, -0.2) is 30.9 Å². The minimum atomic E-state index is -2.49. The van der Waals surface area contributed by atoms with E-state index in [0.717, 1.165) is 12.8 Å². The van der Waals surface area contributed by atoms with Gasteiger partial charge in [0.2, 0.25) is 5.91 Å². The average Bonchev–Trinajstić information content (AvgIpc) is 2.47. The van der Waals surface area contributed by atoms with E-state index >= 15 is 0 Å². The number of thioether (sulfide) groups is 1. The third-order valence-corrected chi connectivity index (χ3v) is 4.11. The molecule has 0 aliphatic carbocycles. The molecule has 1 fully saturated rings. The van der Waals surface area contributed by atoms with Crippen LogP contribution in [0, 0.1) is 5.92 Å². The average molecular weight is 353 g/mol. The van der Waals surface area contributed by atoms with Crippen molar-refractivity contribution < 1.29 is 18.3 Å². The van der Waals surface area contributed by atoms with Gasteiger partial charge in [0.15, 0.2) is 0 Å². The van der Waals surface area contributed by atoms with Crippen molar-refractivity contribution in [2.75, 3.05) is 18.5 Å². The summed E-state index contributed by atoms with van der Waals surface area (Å²) in [5, 5.41) is 2.69. The number of rotatable bonds is 5. The van der Waals surface area contributed by atoms with Crippen LogP contribution in [0.3, 0.4) is 0 Å². The summed E-state index contributed by atoms with van der Waals surface area (Å²) in [7, 11) is 0. The lowest BCUT2D eigenvalue weighted by molar-refractivity contribution is -0.119. The highest BCUT2D eigenvalue weighted by atomic mass is 35.5. The summed E-state index contributed by atoms with van der Waals surface area (Å²) in [6.45, 7) is 1.23. The van der Waals surface area contributed by atoms with Crippen LogP contribution in [0.4, 0.5) is 14.5 Å². The van der Waals surface area contributed by atoms with E-state index in [1.807, 2.05) is 0 Å². The number of nitrogens with one attached hydrogen (secondary N) is 1. The molecule has 0 radical (unpaired) electrons. The lowest BCUT2D eigenvalue weighted by Gasteiger charge is -2.26. The number of carbonyl (C=O) groups excluding carboxylic acids is 1. The number of ether oxygens (including phenoxy) is 1. The second-order valence-electron chi connectivity index (χ2n) is 4.87. The van der Waals surface area contributed by atoms with Crippen LogP contribution in [0.2, 0.25) is 0 Å². The molecule has 1 atom stereocenters. The van der Waals surface area contributed by atoms with Gasteiger partial charge in [-0.25, -0.2) is 0 Å². The van der Waals surface area contributed by atoms with Gasteiger partial charge < -0.3 is 15.8 Å². The highest BCUT2D eigenvalue weighted by Crippen LogP contribution is 2.27. The van der Waals surface area contributed by atoms with Crippen LogP contribution in [0.25, 0.3) is 0 Å². The Balaban J connectivity index is 0.00000242. The van der Waals surface area contributed by atoms with E-state index in [1.54, 1.807) is 18.2 Å². The molecule has 2 rings (SSSR count). The maximum absolute atomic E-state index is 12.3. The van der Waals surface area contributed by atoms with Crippen LogP contribution in [-0.2, 0) is 9.53 Å². The van der Waals surface area contributed by atoms with Gasteiger partial charge in [-0.05, 0) is 37.0 Å². The Kier molecular flexibility index (Phi) is 8.09. The van der Waals surface area contributed by atoms with E-state index in [4.69, 9.17) is 10.5 Å². The Morgan fingerprint density at radius 1 is 1.36 bits per heavy atom. The topological polar surface area (TPSA) is 64.4 Å². The number of hydrogen-bond acceptors (Lipinski definition) is 4. The van der Waals surface area contributed by atoms with Crippen LogP contribution in [0.15, 0.2) is 29.2 Å². The number of nitrogens with two attached hydrogens (primary N) is 1. The first-order chi connectivity index (χ1) is 10.1. The zero-order valence-corrected chi connectivity index (χ0v) is 13.5. The molecule has 1 aliphatic rings. The largest absolute Gasteiger partial charge is 0.381 e. The SMILES string of the molecule is Cl.NC(C(=O)Nc1cccc(SC(F)F)c1)C1CCOCC1. The third kappa shape index (κ3) is 5.72. The Hall–Kier alpha value is -0.890. The summed E-state index contributed by atoms with van der Waals surface area (Å²) >= 11 is 0.444. The van der Waals surface area contributed by atoms with Gasteiger partial charge >= 0.3 is 0 Å². The van der Waals surface area contributed by atoms with E-state index in [0.29, 0.717) is 35.6 Å². The fourth-order valence-electron chi connectivity index (χ4n) is 2.26. The quantitative estimate of drug-likeness (QED) is 0.799. The van der Waals surface area contributed by atoms with Crippen LogP contribution >= 0.6 is 24.2 Å². The number of alkyl halides is 2. The monoisotopic (exact) mass is 352 g/mol. The van der Waals surface area contributed by atoms with Gasteiger partial charge in [0, 0.05) is 23.8 Å². The van der Waals surface area contributed by atoms with E-state index in [9.17, 15) is 13.6 Å². The second-order valence-corrected chi connectivity index (χ2v) is 5.93. The fourth-order valence-corrected chi connectivity index (χ4v) is 2.82. The van der Waals surface area contributed by atoms with Crippen LogP contribution in [0.5, 0.6) is 0 Å². The smallest absolute Gasteiger partial charge is 0.288 e. The summed E-state index contributed by atoms with van der Waals surface area (Å²) in [6, 6.07) is 5.76. The van der Waals surface area contributed by atoms with Crippen LogP contribution in [0.1, 0.15) is 12.8 Å². The zero-order valence-electron chi connectivity index (χ0n) is 11.8. The van der Waals surface area contributed by atoms with Crippen molar-refractivity contribution in [2.24, 2.45) is 11.7 Å². The van der Waals surface area contributed by atoms with Gasteiger partial charge in [-0.1, -0.05) is 17.8 Å². The number of hydrogen-bond donors (Lipinski definition) is 2. The lowest BCUT2D eigenvalue weighted by Crippen LogP contribution is -2.44. The van der Waals surface area contributed by atoms with Crippen molar-refractivity contribution in [2.45, 2.75) is 29.5 Å². The third-order valence-electron chi connectivity index (χ3n) is 3.40. The van der Waals surface area contributed by atoms with E-state index in [1.165, 1.54) is 6.07 Å². The first kappa shape index (κ1) is 19.2. The predicted molar refractivity (Wildman–Crippen MR) is 85.7 cm³/mol. The summed E-state index contributed by atoms with van der Waals surface area (Å²) in [5.41, 5.74) is 6.45. The molecule has 1 amide bonds.